The molecule has 0 unspecified atom stereocenters. The van der Waals surface area contributed by atoms with Crippen LogP contribution in [-0.4, -0.2) is 20.6 Å². The maximum atomic E-state index is 10.7. The van der Waals surface area contributed by atoms with Crippen molar-refractivity contribution in [3.05, 3.63) is 39.8 Å². The van der Waals surface area contributed by atoms with Gasteiger partial charge in [0.15, 0.2) is 11.8 Å². The van der Waals surface area contributed by atoms with Gasteiger partial charge >= 0.3 is 5.82 Å². The Morgan fingerprint density at radius 1 is 1.60 bits per heavy atom. The quantitative estimate of drug-likeness (QED) is 0.421. The van der Waals surface area contributed by atoms with Gasteiger partial charge in [0.2, 0.25) is 5.82 Å². The molecule has 6 nitrogen and oxygen atoms in total. The van der Waals surface area contributed by atoms with Gasteiger partial charge in [-0.15, -0.1) is 0 Å². The zero-order valence-electron chi connectivity index (χ0n) is 7.88. The van der Waals surface area contributed by atoms with Gasteiger partial charge in [-0.1, -0.05) is 0 Å². The Bertz CT molecular complexity index is 559. The Hall–Kier alpha value is -2.24. The highest BCUT2D eigenvalue weighted by Gasteiger charge is 2.21. The third-order valence-corrected chi connectivity index (χ3v) is 2.15. The standard InChI is InChI=1S/C9H7N3O3/c1-6-10-9(12(14)15)8-7(5-13)3-2-4-11(6)8/h2-5H,1H3. The van der Waals surface area contributed by atoms with Crippen molar-refractivity contribution in [3.63, 3.8) is 0 Å². The molecule has 0 aliphatic heterocycles. The largest absolute Gasteiger partial charge is 0.390 e. The molecule has 0 aliphatic rings. The van der Waals surface area contributed by atoms with Crippen LogP contribution in [0.3, 0.4) is 0 Å². The van der Waals surface area contributed by atoms with Crippen molar-refractivity contribution in [2.45, 2.75) is 6.92 Å². The first-order valence-electron chi connectivity index (χ1n) is 4.22. The number of pyridine rings is 1. The van der Waals surface area contributed by atoms with E-state index in [4.69, 9.17) is 0 Å². The van der Waals surface area contributed by atoms with Crippen molar-refractivity contribution < 1.29 is 9.72 Å². The summed E-state index contributed by atoms with van der Waals surface area (Å²) in [5.41, 5.74) is 0.514. The average Bonchev–Trinajstić information content (AvgIpc) is 2.56. The van der Waals surface area contributed by atoms with Gasteiger partial charge in [-0.3, -0.25) is 9.20 Å². The molecule has 0 saturated carbocycles. The summed E-state index contributed by atoms with van der Waals surface area (Å²) in [5, 5.41) is 10.7. The summed E-state index contributed by atoms with van der Waals surface area (Å²) >= 11 is 0. The minimum Gasteiger partial charge on any atom is -0.358 e. The molecule has 6 heteroatoms. The number of fused-ring (bicyclic) bond motifs is 1. The summed E-state index contributed by atoms with van der Waals surface area (Å²) in [6.45, 7) is 1.65. The van der Waals surface area contributed by atoms with Crippen LogP contribution in [0.2, 0.25) is 0 Å². The van der Waals surface area contributed by atoms with E-state index < -0.39 is 4.92 Å². The van der Waals surface area contributed by atoms with Gasteiger partial charge in [0.25, 0.3) is 0 Å². The van der Waals surface area contributed by atoms with Crippen LogP contribution in [0.5, 0.6) is 0 Å². The number of nitro groups is 1. The van der Waals surface area contributed by atoms with Gasteiger partial charge in [-0.05, 0) is 22.0 Å². The van der Waals surface area contributed by atoms with E-state index in [2.05, 4.69) is 4.98 Å². The Morgan fingerprint density at radius 2 is 2.33 bits per heavy atom. The summed E-state index contributed by atoms with van der Waals surface area (Å²) in [6.07, 6.45) is 2.22. The van der Waals surface area contributed by atoms with E-state index in [1.165, 1.54) is 10.5 Å². The molecule has 76 valence electrons. The maximum absolute atomic E-state index is 10.7. The number of carbonyl (C=O) groups is 1. The lowest BCUT2D eigenvalue weighted by Crippen LogP contribution is -1.93. The molecule has 0 radical (unpaired) electrons. The van der Waals surface area contributed by atoms with Crippen LogP contribution in [0.15, 0.2) is 18.3 Å². The molecule has 0 aromatic carbocycles. The van der Waals surface area contributed by atoms with Crippen molar-refractivity contribution in [2.24, 2.45) is 0 Å². The van der Waals surface area contributed by atoms with Crippen LogP contribution >= 0.6 is 0 Å². The molecule has 0 saturated heterocycles. The third kappa shape index (κ3) is 1.26. The van der Waals surface area contributed by atoms with E-state index in [1.54, 1.807) is 19.2 Å². The first-order chi connectivity index (χ1) is 7.15. The molecule has 0 aliphatic carbocycles. The normalized spacial score (nSPS) is 10.5. The average molecular weight is 205 g/mol. The maximum Gasteiger partial charge on any atom is 0.390 e. The number of carbonyl (C=O) groups excluding carboxylic acids is 1. The molecule has 0 atom stereocenters. The molecule has 0 bridgehead atoms. The molecule has 0 N–H and O–H groups in total. The van der Waals surface area contributed by atoms with E-state index >= 15 is 0 Å². The fraction of sp³-hybridized carbons (Fsp3) is 0.111. The number of rotatable bonds is 2. The minimum atomic E-state index is -0.588. The summed E-state index contributed by atoms with van der Waals surface area (Å²) in [6, 6.07) is 3.17. The van der Waals surface area contributed by atoms with Gasteiger partial charge < -0.3 is 10.1 Å². The van der Waals surface area contributed by atoms with Crippen LogP contribution in [0.4, 0.5) is 5.82 Å². The van der Waals surface area contributed by atoms with Crippen molar-refractivity contribution in [2.75, 3.05) is 0 Å². The van der Waals surface area contributed by atoms with Crippen molar-refractivity contribution in [1.82, 2.24) is 9.38 Å². The molecule has 2 heterocycles. The third-order valence-electron chi connectivity index (χ3n) is 2.15. The summed E-state index contributed by atoms with van der Waals surface area (Å²) in [5.74, 6) is 0.204. The Balaban J connectivity index is 2.94. The molecular weight excluding hydrogens is 198 g/mol. The molecule has 15 heavy (non-hydrogen) atoms. The van der Waals surface area contributed by atoms with Gasteiger partial charge in [0, 0.05) is 18.7 Å². The smallest absolute Gasteiger partial charge is 0.358 e. The number of aryl methyl sites for hydroxylation is 1. The van der Waals surface area contributed by atoms with Crippen LogP contribution in [0, 0.1) is 17.0 Å². The highest BCUT2D eigenvalue weighted by molar-refractivity contribution is 5.89. The number of hydrogen-bond donors (Lipinski definition) is 0. The molecule has 2 aromatic rings. The molecule has 0 amide bonds. The lowest BCUT2D eigenvalue weighted by atomic mass is 10.2. The van der Waals surface area contributed by atoms with E-state index in [0.717, 1.165) is 0 Å². The van der Waals surface area contributed by atoms with Gasteiger partial charge in [0.05, 0.1) is 0 Å². The summed E-state index contributed by atoms with van der Waals surface area (Å²) in [7, 11) is 0. The van der Waals surface area contributed by atoms with Crippen LogP contribution < -0.4 is 0 Å². The van der Waals surface area contributed by atoms with Crippen LogP contribution in [0.25, 0.3) is 5.52 Å². The highest BCUT2D eigenvalue weighted by Crippen LogP contribution is 2.22. The molecule has 2 aromatic heterocycles. The van der Waals surface area contributed by atoms with Gasteiger partial charge in [0.1, 0.15) is 0 Å². The van der Waals surface area contributed by atoms with Gasteiger partial charge in [-0.25, -0.2) is 0 Å². The number of imidazole rings is 1. The second kappa shape index (κ2) is 3.16. The minimum absolute atomic E-state index is 0.245. The summed E-state index contributed by atoms with van der Waals surface area (Å²) < 4.78 is 1.53. The zero-order chi connectivity index (χ0) is 11.0. The molecule has 0 fully saturated rings. The molecule has 2 rings (SSSR count). The second-order valence-corrected chi connectivity index (χ2v) is 3.04. The monoisotopic (exact) mass is 205 g/mol. The first kappa shape index (κ1) is 9.32. The van der Waals surface area contributed by atoms with Crippen LogP contribution in [0.1, 0.15) is 16.2 Å². The Labute approximate surface area is 84.3 Å². The Morgan fingerprint density at radius 3 is 2.93 bits per heavy atom. The van der Waals surface area contributed by atoms with Crippen molar-refractivity contribution in [3.8, 4) is 0 Å². The van der Waals surface area contributed by atoms with Crippen molar-refractivity contribution >= 4 is 17.6 Å². The Kier molecular flexibility index (Phi) is 1.96. The molecule has 0 spiro atoms. The lowest BCUT2D eigenvalue weighted by Gasteiger charge is -1.96. The number of aromatic nitrogens is 2. The topological polar surface area (TPSA) is 77.5 Å². The number of nitrogens with zero attached hydrogens (tertiary/aromatic N) is 3. The fourth-order valence-electron chi connectivity index (χ4n) is 1.51. The van der Waals surface area contributed by atoms with E-state index in [9.17, 15) is 14.9 Å². The first-order valence-corrected chi connectivity index (χ1v) is 4.22. The van der Waals surface area contributed by atoms with E-state index in [-0.39, 0.29) is 16.9 Å². The van der Waals surface area contributed by atoms with Crippen LogP contribution in [-0.2, 0) is 0 Å². The highest BCUT2D eigenvalue weighted by atomic mass is 16.6. The number of aldehydes is 1. The predicted octanol–water partition coefficient (Wildman–Crippen LogP) is 1.36. The van der Waals surface area contributed by atoms with E-state index in [1.807, 2.05) is 0 Å². The van der Waals surface area contributed by atoms with E-state index in [0.29, 0.717) is 12.1 Å². The van der Waals surface area contributed by atoms with Crippen molar-refractivity contribution in [1.29, 1.82) is 0 Å². The molecular formula is C9H7N3O3. The SMILES string of the molecule is Cc1nc([N+](=O)[O-])c2c(C=O)cccn12. The number of hydrogen-bond acceptors (Lipinski definition) is 4. The predicted molar refractivity (Wildman–Crippen MR) is 52.0 cm³/mol. The lowest BCUT2D eigenvalue weighted by molar-refractivity contribution is -0.387. The fourth-order valence-corrected chi connectivity index (χ4v) is 1.51. The zero-order valence-corrected chi connectivity index (χ0v) is 7.88. The second-order valence-electron chi connectivity index (χ2n) is 3.04. The summed E-state index contributed by atoms with van der Waals surface area (Å²) in [4.78, 5) is 24.7. The van der Waals surface area contributed by atoms with Gasteiger partial charge in [-0.2, -0.15) is 0 Å².